The molecule has 1 aromatic carbocycles. The number of anilines is 3. The Morgan fingerprint density at radius 3 is 2.16 bits per heavy atom. The maximum atomic E-state index is 6.46. The van der Waals surface area contributed by atoms with Crippen molar-refractivity contribution >= 4 is 36.4 Å². The van der Waals surface area contributed by atoms with Crippen LogP contribution in [-0.4, -0.2) is 67.3 Å². The van der Waals surface area contributed by atoms with Crippen molar-refractivity contribution in [3.05, 3.63) is 42.1 Å². The summed E-state index contributed by atoms with van der Waals surface area (Å²) in [5.41, 5.74) is 9.29. The van der Waals surface area contributed by atoms with Crippen LogP contribution in [-0.2, 0) is 0 Å². The van der Waals surface area contributed by atoms with Crippen molar-refractivity contribution in [2.24, 2.45) is 0 Å². The van der Waals surface area contributed by atoms with Crippen molar-refractivity contribution in [3.8, 4) is 17.3 Å². The molecule has 0 atom stereocenters. The Hall–Kier alpha value is -3.15. The van der Waals surface area contributed by atoms with Crippen molar-refractivity contribution in [2.75, 3.05) is 43.4 Å². The molecule has 0 radical (unpaired) electrons. The van der Waals surface area contributed by atoms with Crippen LogP contribution in [0.4, 0.5) is 17.3 Å². The molecule has 0 unspecified atom stereocenters. The Kier molecular flexibility index (Phi) is 9.93. The molecule has 3 aromatic rings. The summed E-state index contributed by atoms with van der Waals surface area (Å²) in [4.78, 5) is 19.3. The molecule has 0 bridgehead atoms. The smallest absolute Gasteiger partial charge is 0.229 e. The van der Waals surface area contributed by atoms with E-state index in [-0.39, 0.29) is 6.10 Å². The van der Waals surface area contributed by atoms with Gasteiger partial charge in [0.15, 0.2) is 5.65 Å². The molecule has 2 aliphatic rings. The minimum Gasteiger partial charge on any atom is -0.474 e. The molecule has 2 aromatic heterocycles. The second-order valence-electron chi connectivity index (χ2n) is 13.4. The third-order valence-electron chi connectivity index (χ3n) is 9.65. The number of nitrogens with one attached hydrogen (secondary N) is 1. The average Bonchev–Trinajstić information content (AvgIpc) is 2.98. The molecule has 0 amide bonds. The molecule has 1 aliphatic carbocycles. The molecule has 5 rings (SSSR count). The first-order valence-electron chi connectivity index (χ1n) is 16.3. The second-order valence-corrected chi connectivity index (χ2v) is 19.0. The normalized spacial score (nSPS) is 17.0. The number of piperazine rings is 1. The van der Waals surface area contributed by atoms with Crippen LogP contribution in [0.2, 0.25) is 16.6 Å². The van der Waals surface area contributed by atoms with Crippen molar-refractivity contribution in [1.29, 1.82) is 0 Å². The van der Waals surface area contributed by atoms with Gasteiger partial charge in [0.2, 0.25) is 11.8 Å². The van der Waals surface area contributed by atoms with Gasteiger partial charge in [-0.15, -0.1) is 5.54 Å². The van der Waals surface area contributed by atoms with E-state index in [1.165, 1.54) is 24.9 Å². The van der Waals surface area contributed by atoms with Crippen LogP contribution < -0.4 is 15.0 Å². The molecule has 43 heavy (non-hydrogen) atoms. The first-order chi connectivity index (χ1) is 20.7. The van der Waals surface area contributed by atoms with E-state index in [1.807, 2.05) is 12.3 Å². The molecule has 1 N–H and O–H groups in total. The highest BCUT2D eigenvalue weighted by molar-refractivity contribution is 6.90. The van der Waals surface area contributed by atoms with E-state index in [2.05, 4.69) is 99.4 Å². The monoisotopic (exact) mass is 598 g/mol. The van der Waals surface area contributed by atoms with Gasteiger partial charge in [-0.3, -0.25) is 0 Å². The zero-order valence-corrected chi connectivity index (χ0v) is 28.3. The van der Waals surface area contributed by atoms with E-state index in [4.69, 9.17) is 19.7 Å². The van der Waals surface area contributed by atoms with Gasteiger partial charge >= 0.3 is 0 Å². The zero-order valence-electron chi connectivity index (χ0n) is 27.3. The van der Waals surface area contributed by atoms with Crippen LogP contribution in [0.15, 0.2) is 36.5 Å². The molecule has 1 saturated carbocycles. The molecule has 7 nitrogen and oxygen atoms in total. The fourth-order valence-corrected chi connectivity index (χ4v) is 12.3. The number of rotatable bonds is 8. The average molecular weight is 599 g/mol. The number of pyridine rings is 1. The number of hydrogen-bond acceptors (Lipinski definition) is 7. The van der Waals surface area contributed by atoms with Crippen molar-refractivity contribution in [3.63, 3.8) is 0 Å². The number of nitrogens with zero attached hydrogens (tertiary/aromatic N) is 5. The topological polar surface area (TPSA) is 66.4 Å². The van der Waals surface area contributed by atoms with Gasteiger partial charge in [-0.2, -0.15) is 9.97 Å². The Morgan fingerprint density at radius 1 is 0.884 bits per heavy atom. The summed E-state index contributed by atoms with van der Waals surface area (Å²) in [5.74, 6) is 4.79. The summed E-state index contributed by atoms with van der Waals surface area (Å²) in [6, 6.07) is 10.6. The summed E-state index contributed by atoms with van der Waals surface area (Å²) in [6.45, 7) is 18.4. The Morgan fingerprint density at radius 2 is 1.53 bits per heavy atom. The molecule has 230 valence electrons. The summed E-state index contributed by atoms with van der Waals surface area (Å²) in [5, 5.41) is 4.27. The summed E-state index contributed by atoms with van der Waals surface area (Å²) in [7, 11) is 0.260. The molecule has 1 saturated heterocycles. The van der Waals surface area contributed by atoms with Crippen LogP contribution in [0.5, 0.6) is 5.88 Å². The van der Waals surface area contributed by atoms with Gasteiger partial charge < -0.3 is 19.9 Å². The van der Waals surface area contributed by atoms with Crippen LogP contribution in [0.25, 0.3) is 11.0 Å². The molecular weight excluding hydrogens is 549 g/mol. The lowest BCUT2D eigenvalue weighted by atomic mass is 9.98. The minimum absolute atomic E-state index is 0.202. The number of hydrogen-bond donors (Lipinski definition) is 1. The van der Waals surface area contributed by atoms with Crippen LogP contribution >= 0.6 is 0 Å². The number of aromatic nitrogens is 3. The highest BCUT2D eigenvalue weighted by Crippen LogP contribution is 2.41. The fraction of sp³-hybridized carbons (Fsp3) is 0.571. The van der Waals surface area contributed by atoms with E-state index in [9.17, 15) is 0 Å². The molecule has 8 heteroatoms. The third kappa shape index (κ3) is 7.16. The maximum absolute atomic E-state index is 6.46. The number of fused-ring (bicyclic) bond motifs is 1. The quantitative estimate of drug-likeness (QED) is 0.210. The van der Waals surface area contributed by atoms with Gasteiger partial charge in [-0.25, -0.2) is 4.98 Å². The molecule has 2 fully saturated rings. The highest BCUT2D eigenvalue weighted by atomic mass is 28.3. The van der Waals surface area contributed by atoms with Crippen molar-refractivity contribution < 1.29 is 4.74 Å². The number of ether oxygens (including phenoxy) is 1. The second kappa shape index (κ2) is 13.7. The summed E-state index contributed by atoms with van der Waals surface area (Å²) < 4.78 is 6.46. The fourth-order valence-electron chi connectivity index (χ4n) is 7.12. The Balaban J connectivity index is 1.46. The first kappa shape index (κ1) is 31.3. The lowest BCUT2D eigenvalue weighted by Crippen LogP contribution is -2.44. The van der Waals surface area contributed by atoms with Crippen LogP contribution in [0.1, 0.15) is 79.2 Å². The zero-order chi connectivity index (χ0) is 30.6. The van der Waals surface area contributed by atoms with E-state index in [0.29, 0.717) is 34.1 Å². The lowest BCUT2D eigenvalue weighted by molar-refractivity contribution is 0.149. The van der Waals surface area contributed by atoms with Gasteiger partial charge in [0.25, 0.3) is 0 Å². The van der Waals surface area contributed by atoms with E-state index in [0.717, 1.165) is 55.7 Å². The van der Waals surface area contributed by atoms with E-state index >= 15 is 0 Å². The summed E-state index contributed by atoms with van der Waals surface area (Å²) >= 11 is 0. The van der Waals surface area contributed by atoms with E-state index in [1.54, 1.807) is 0 Å². The van der Waals surface area contributed by atoms with Gasteiger partial charge in [-0.1, -0.05) is 53.9 Å². The largest absolute Gasteiger partial charge is 0.474 e. The van der Waals surface area contributed by atoms with Gasteiger partial charge in [0.1, 0.15) is 14.2 Å². The van der Waals surface area contributed by atoms with E-state index < -0.39 is 8.07 Å². The van der Waals surface area contributed by atoms with Gasteiger partial charge in [0, 0.05) is 55.4 Å². The molecule has 3 heterocycles. The van der Waals surface area contributed by atoms with Gasteiger partial charge in [-0.05, 0) is 73.6 Å². The maximum Gasteiger partial charge on any atom is 0.229 e. The molecule has 0 spiro atoms. The molecular formula is C35H50N6OSi. The predicted octanol–water partition coefficient (Wildman–Crippen LogP) is 7.80. The number of benzene rings is 1. The minimum atomic E-state index is -1.92. The lowest BCUT2D eigenvalue weighted by Gasteiger charge is -2.38. The van der Waals surface area contributed by atoms with Crippen LogP contribution in [0.3, 0.4) is 0 Å². The predicted molar refractivity (Wildman–Crippen MR) is 182 cm³/mol. The van der Waals surface area contributed by atoms with Crippen LogP contribution in [0, 0.1) is 11.5 Å². The standard InChI is InChI=1S/C35H50N6OSi/c1-25(2)43(26(3)4,27(5)6)22-17-28-23-33(42-31-11-9-8-10-12-31)38-34-32(28)24-36-35(39-34)37-29-13-15-30(16-14-29)41-20-18-40(7)19-21-41/h13-16,23-27,31H,8-12,18-21H2,1-7H3,(H,36,37,38,39). The number of likely N-dealkylation sites (N-methyl/N-ethyl adjacent to an activating group) is 1. The first-order valence-corrected chi connectivity index (χ1v) is 18.6. The van der Waals surface area contributed by atoms with Gasteiger partial charge in [0.05, 0.1) is 5.39 Å². The summed E-state index contributed by atoms with van der Waals surface area (Å²) in [6.07, 6.45) is 7.92. The van der Waals surface area contributed by atoms with Crippen molar-refractivity contribution in [2.45, 2.75) is 96.4 Å². The van der Waals surface area contributed by atoms with Crippen molar-refractivity contribution in [1.82, 2.24) is 19.9 Å². The molecule has 1 aliphatic heterocycles. The highest BCUT2D eigenvalue weighted by Gasteiger charge is 2.41. The SMILES string of the molecule is CC(C)[Si](C#Cc1cc(OC2CCCCC2)nc2nc(Nc3ccc(N4CCN(C)CC4)cc3)ncc12)(C(C)C)C(C)C. The Labute approximate surface area is 259 Å². The third-order valence-corrected chi connectivity index (χ3v) is 15.9. The Bertz CT molecular complexity index is 1410.